The molecular weight excluding hydrogens is 274 g/mol. The Morgan fingerprint density at radius 2 is 1.73 bits per heavy atom. The van der Waals surface area contributed by atoms with E-state index >= 15 is 0 Å². The van der Waals surface area contributed by atoms with E-state index in [1.807, 2.05) is 44.2 Å². The predicted molar refractivity (Wildman–Crippen MR) is 88.7 cm³/mol. The molecule has 2 unspecified atom stereocenters. The van der Waals surface area contributed by atoms with Crippen molar-refractivity contribution in [1.29, 1.82) is 0 Å². The van der Waals surface area contributed by atoms with Gasteiger partial charge < -0.3 is 5.32 Å². The van der Waals surface area contributed by atoms with Crippen LogP contribution in [-0.4, -0.2) is 17.7 Å². The molecular formula is C19H27NO2. The number of ketones is 1. The van der Waals surface area contributed by atoms with Crippen LogP contribution in [0.2, 0.25) is 0 Å². The van der Waals surface area contributed by atoms with Crippen molar-refractivity contribution in [2.75, 3.05) is 0 Å². The summed E-state index contributed by atoms with van der Waals surface area (Å²) >= 11 is 0. The van der Waals surface area contributed by atoms with E-state index in [0.29, 0.717) is 11.5 Å². The van der Waals surface area contributed by atoms with Crippen LogP contribution < -0.4 is 5.32 Å². The van der Waals surface area contributed by atoms with E-state index < -0.39 is 6.04 Å². The number of carbonyl (C=O) groups is 2. The molecule has 1 aliphatic rings. The zero-order valence-corrected chi connectivity index (χ0v) is 13.8. The minimum Gasteiger partial charge on any atom is -0.345 e. The summed E-state index contributed by atoms with van der Waals surface area (Å²) in [6, 6.07) is 8.79. The zero-order chi connectivity index (χ0) is 16.1. The van der Waals surface area contributed by atoms with Gasteiger partial charge in [-0.1, -0.05) is 63.9 Å². The molecule has 2 rings (SSSR count). The fourth-order valence-corrected chi connectivity index (χ4v) is 3.28. The summed E-state index contributed by atoms with van der Waals surface area (Å²) in [6.45, 7) is 6.11. The minimum absolute atomic E-state index is 0.00686. The summed E-state index contributed by atoms with van der Waals surface area (Å²) < 4.78 is 0. The molecule has 0 spiro atoms. The maximum Gasteiger partial charge on any atom is 0.223 e. The van der Waals surface area contributed by atoms with Crippen LogP contribution in [-0.2, 0) is 4.79 Å². The van der Waals surface area contributed by atoms with Gasteiger partial charge in [-0.3, -0.25) is 9.59 Å². The molecule has 1 aliphatic carbocycles. The molecule has 0 heterocycles. The molecule has 22 heavy (non-hydrogen) atoms. The van der Waals surface area contributed by atoms with Crippen molar-refractivity contribution in [3.8, 4) is 0 Å². The molecule has 1 aromatic rings. The van der Waals surface area contributed by atoms with Gasteiger partial charge in [-0.2, -0.15) is 0 Å². The molecule has 120 valence electrons. The van der Waals surface area contributed by atoms with Crippen LogP contribution in [0.15, 0.2) is 30.3 Å². The molecule has 0 radical (unpaired) electrons. The molecule has 3 nitrogen and oxygen atoms in total. The first kappa shape index (κ1) is 16.7. The monoisotopic (exact) mass is 301 g/mol. The van der Waals surface area contributed by atoms with E-state index in [-0.39, 0.29) is 23.5 Å². The number of nitrogens with one attached hydrogen (secondary N) is 1. The van der Waals surface area contributed by atoms with Crippen LogP contribution in [0.5, 0.6) is 0 Å². The molecule has 0 saturated heterocycles. The summed E-state index contributed by atoms with van der Waals surface area (Å²) in [5.74, 6) is 0.602. The lowest BCUT2D eigenvalue weighted by Crippen LogP contribution is -2.48. The van der Waals surface area contributed by atoms with Gasteiger partial charge in [0.1, 0.15) is 0 Å². The van der Waals surface area contributed by atoms with Gasteiger partial charge in [0.05, 0.1) is 6.04 Å². The van der Waals surface area contributed by atoms with Gasteiger partial charge in [0.25, 0.3) is 0 Å². The second-order valence-corrected chi connectivity index (χ2v) is 6.83. The Morgan fingerprint density at radius 1 is 1.09 bits per heavy atom. The highest BCUT2D eigenvalue weighted by Gasteiger charge is 2.32. The number of Topliss-reactive ketones (excluding diaryl/α,β-unsaturated/α-hetero) is 1. The van der Waals surface area contributed by atoms with E-state index in [0.717, 1.165) is 19.3 Å². The van der Waals surface area contributed by atoms with Gasteiger partial charge >= 0.3 is 0 Å². The highest BCUT2D eigenvalue weighted by Crippen LogP contribution is 2.30. The maximum absolute atomic E-state index is 12.7. The Bertz CT molecular complexity index is 509. The largest absolute Gasteiger partial charge is 0.345 e. The summed E-state index contributed by atoms with van der Waals surface area (Å²) in [7, 11) is 0. The molecule has 3 heteroatoms. The van der Waals surface area contributed by atoms with Crippen LogP contribution in [0, 0.1) is 17.8 Å². The Labute approximate surface area is 133 Å². The molecule has 0 aromatic heterocycles. The normalized spacial score (nSPS) is 23.1. The highest BCUT2D eigenvalue weighted by atomic mass is 16.2. The zero-order valence-electron chi connectivity index (χ0n) is 13.8. The molecule has 1 amide bonds. The van der Waals surface area contributed by atoms with Crippen molar-refractivity contribution >= 4 is 11.7 Å². The van der Waals surface area contributed by atoms with Crippen LogP contribution in [0.3, 0.4) is 0 Å². The summed E-state index contributed by atoms with van der Waals surface area (Å²) in [5.41, 5.74) is 0.665. The van der Waals surface area contributed by atoms with E-state index in [1.54, 1.807) is 0 Å². The molecule has 0 bridgehead atoms. The lowest BCUT2D eigenvalue weighted by atomic mass is 9.79. The van der Waals surface area contributed by atoms with Crippen molar-refractivity contribution in [3.63, 3.8) is 0 Å². The Balaban J connectivity index is 2.08. The van der Waals surface area contributed by atoms with Gasteiger partial charge in [0.15, 0.2) is 5.78 Å². The Morgan fingerprint density at radius 3 is 2.32 bits per heavy atom. The highest BCUT2D eigenvalue weighted by molar-refractivity contribution is 6.02. The quantitative estimate of drug-likeness (QED) is 0.840. The average Bonchev–Trinajstić information content (AvgIpc) is 2.52. The first-order chi connectivity index (χ1) is 10.5. The van der Waals surface area contributed by atoms with Crippen molar-refractivity contribution in [2.45, 2.75) is 52.5 Å². The van der Waals surface area contributed by atoms with Crippen LogP contribution >= 0.6 is 0 Å². The third-order valence-corrected chi connectivity index (χ3v) is 4.75. The molecule has 3 atom stereocenters. The maximum atomic E-state index is 12.7. The smallest absolute Gasteiger partial charge is 0.223 e. The number of carbonyl (C=O) groups excluding carboxylic acids is 2. The number of amides is 1. The lowest BCUT2D eigenvalue weighted by Gasteiger charge is -2.30. The second kappa shape index (κ2) is 7.57. The summed E-state index contributed by atoms with van der Waals surface area (Å²) in [5, 5.41) is 3.03. The van der Waals surface area contributed by atoms with E-state index in [1.165, 1.54) is 6.42 Å². The van der Waals surface area contributed by atoms with Gasteiger partial charge in [-0.05, 0) is 24.7 Å². The first-order valence-electron chi connectivity index (χ1n) is 8.40. The van der Waals surface area contributed by atoms with Gasteiger partial charge in [0.2, 0.25) is 5.91 Å². The summed E-state index contributed by atoms with van der Waals surface area (Å²) in [6.07, 6.45) is 4.37. The van der Waals surface area contributed by atoms with Crippen LogP contribution in [0.25, 0.3) is 0 Å². The molecule has 0 aliphatic heterocycles. The number of hydrogen-bond acceptors (Lipinski definition) is 2. The van der Waals surface area contributed by atoms with E-state index in [9.17, 15) is 9.59 Å². The number of rotatable bonds is 5. The third kappa shape index (κ3) is 3.96. The van der Waals surface area contributed by atoms with Crippen LogP contribution in [0.4, 0.5) is 0 Å². The Kier molecular flexibility index (Phi) is 5.76. The molecule has 1 N–H and O–H groups in total. The van der Waals surface area contributed by atoms with E-state index in [2.05, 4.69) is 12.2 Å². The van der Waals surface area contributed by atoms with E-state index in [4.69, 9.17) is 0 Å². The van der Waals surface area contributed by atoms with Crippen LogP contribution in [0.1, 0.15) is 56.8 Å². The SMILES string of the molecule is CC(C)C(NC(=O)C1CCCC[C@H]1C)C(=O)c1ccccc1. The van der Waals surface area contributed by atoms with Crippen molar-refractivity contribution in [2.24, 2.45) is 17.8 Å². The summed E-state index contributed by atoms with van der Waals surface area (Å²) in [4.78, 5) is 25.3. The fourth-order valence-electron chi connectivity index (χ4n) is 3.28. The number of hydrogen-bond donors (Lipinski definition) is 1. The van der Waals surface area contributed by atoms with Gasteiger partial charge in [-0.15, -0.1) is 0 Å². The molecule has 1 fully saturated rings. The van der Waals surface area contributed by atoms with Crippen molar-refractivity contribution < 1.29 is 9.59 Å². The second-order valence-electron chi connectivity index (χ2n) is 6.83. The predicted octanol–water partition coefficient (Wildman–Crippen LogP) is 3.84. The lowest BCUT2D eigenvalue weighted by molar-refractivity contribution is -0.128. The standard InChI is InChI=1S/C19H27NO2/c1-13(2)17(18(21)15-10-5-4-6-11-15)20-19(22)16-12-8-7-9-14(16)3/h4-6,10-11,13-14,16-17H,7-9,12H2,1-3H3,(H,20,22)/t14-,16?,17?/m1/s1. The van der Waals surface area contributed by atoms with Gasteiger partial charge in [-0.25, -0.2) is 0 Å². The fraction of sp³-hybridized carbons (Fsp3) is 0.579. The Hall–Kier alpha value is -1.64. The third-order valence-electron chi connectivity index (χ3n) is 4.75. The van der Waals surface area contributed by atoms with Gasteiger partial charge in [0, 0.05) is 11.5 Å². The minimum atomic E-state index is -0.441. The molecule has 1 aromatic carbocycles. The van der Waals surface area contributed by atoms with Crippen molar-refractivity contribution in [3.05, 3.63) is 35.9 Å². The average molecular weight is 301 g/mol. The number of benzene rings is 1. The molecule has 1 saturated carbocycles. The van der Waals surface area contributed by atoms with Crippen molar-refractivity contribution in [1.82, 2.24) is 5.32 Å². The topological polar surface area (TPSA) is 46.2 Å². The first-order valence-corrected chi connectivity index (χ1v) is 8.40.